The van der Waals surface area contributed by atoms with Crippen LogP contribution in [0.15, 0.2) is 47.4 Å². The second-order valence-corrected chi connectivity index (χ2v) is 9.53. The molecule has 0 saturated carbocycles. The molecule has 0 aliphatic carbocycles. The summed E-state index contributed by atoms with van der Waals surface area (Å²) >= 11 is 0. The quantitative estimate of drug-likeness (QED) is 0.221. The molecule has 0 aromatic heterocycles. The van der Waals surface area contributed by atoms with Crippen LogP contribution in [-0.2, 0) is 16.5 Å². The third-order valence-corrected chi connectivity index (χ3v) is 6.31. The van der Waals surface area contributed by atoms with Crippen LogP contribution in [0.2, 0.25) is 0 Å². The molecule has 0 amide bonds. The minimum Gasteiger partial charge on any atom is -0.508 e. The molecule has 172 valence electrons. The number of unbranched alkanes of at least 4 members (excludes halogenated alkanes) is 10. The lowest BCUT2D eigenvalue weighted by Crippen LogP contribution is -2.02. The van der Waals surface area contributed by atoms with Crippen LogP contribution >= 0.6 is 0 Å². The van der Waals surface area contributed by atoms with E-state index in [-0.39, 0.29) is 16.4 Å². The minimum atomic E-state index is -4.40. The van der Waals surface area contributed by atoms with E-state index in [1.54, 1.807) is 24.3 Å². The van der Waals surface area contributed by atoms with Crippen LogP contribution in [-0.4, -0.2) is 18.1 Å². The highest BCUT2D eigenvalue weighted by Gasteiger charge is 2.18. The summed E-state index contributed by atoms with van der Waals surface area (Å²) in [5.74, 6) is 0.566. The van der Waals surface area contributed by atoms with Crippen molar-refractivity contribution in [1.29, 1.82) is 0 Å². The number of ether oxygens (including phenoxy) is 1. The lowest BCUT2D eigenvalue weighted by atomic mass is 10.0. The van der Waals surface area contributed by atoms with Crippen molar-refractivity contribution in [3.8, 4) is 17.2 Å². The van der Waals surface area contributed by atoms with Gasteiger partial charge in [0.15, 0.2) is 0 Å². The van der Waals surface area contributed by atoms with E-state index in [2.05, 4.69) is 6.92 Å². The molecule has 2 N–H and O–H groups in total. The Labute approximate surface area is 187 Å². The average molecular weight is 449 g/mol. The second-order valence-electron chi connectivity index (χ2n) is 8.14. The van der Waals surface area contributed by atoms with Crippen molar-refractivity contribution in [1.82, 2.24) is 0 Å². The average Bonchev–Trinajstić information content (AvgIpc) is 2.73. The highest BCUT2D eigenvalue weighted by atomic mass is 32.2. The summed E-state index contributed by atoms with van der Waals surface area (Å²) < 4.78 is 38.6. The first-order chi connectivity index (χ1) is 14.9. The SMILES string of the molecule is CCCCCCCCCCCCCc1ccc(S(=O)(=O)O)c(Oc2ccc(O)cc2)c1. The van der Waals surface area contributed by atoms with Crippen molar-refractivity contribution in [2.75, 3.05) is 0 Å². The van der Waals surface area contributed by atoms with E-state index >= 15 is 0 Å². The van der Waals surface area contributed by atoms with E-state index < -0.39 is 10.1 Å². The lowest BCUT2D eigenvalue weighted by Gasteiger charge is -2.12. The summed E-state index contributed by atoms with van der Waals surface area (Å²) in [6.07, 6.45) is 14.9. The van der Waals surface area contributed by atoms with Crippen LogP contribution in [0.5, 0.6) is 17.2 Å². The highest BCUT2D eigenvalue weighted by Crippen LogP contribution is 2.31. The Morgan fingerprint density at radius 3 is 1.87 bits per heavy atom. The molecule has 0 saturated heterocycles. The van der Waals surface area contributed by atoms with Gasteiger partial charge in [0, 0.05) is 0 Å². The molecule has 0 radical (unpaired) electrons. The molecule has 5 nitrogen and oxygen atoms in total. The van der Waals surface area contributed by atoms with E-state index in [0.717, 1.165) is 24.8 Å². The third-order valence-electron chi connectivity index (χ3n) is 5.42. The van der Waals surface area contributed by atoms with Crippen molar-refractivity contribution >= 4 is 10.1 Å². The number of benzene rings is 2. The van der Waals surface area contributed by atoms with E-state index in [1.807, 2.05) is 0 Å². The lowest BCUT2D eigenvalue weighted by molar-refractivity contribution is 0.445. The Kier molecular flexibility index (Phi) is 10.9. The molecular weight excluding hydrogens is 412 g/mol. The van der Waals surface area contributed by atoms with Crippen LogP contribution in [0.4, 0.5) is 0 Å². The number of aryl methyl sites for hydroxylation is 1. The first-order valence-electron chi connectivity index (χ1n) is 11.5. The zero-order chi connectivity index (χ0) is 22.5. The van der Waals surface area contributed by atoms with Gasteiger partial charge in [0.25, 0.3) is 10.1 Å². The number of phenols is 1. The van der Waals surface area contributed by atoms with Gasteiger partial charge in [0.05, 0.1) is 0 Å². The molecule has 0 aliphatic rings. The molecule has 0 fully saturated rings. The Hall–Kier alpha value is -2.05. The van der Waals surface area contributed by atoms with Gasteiger partial charge < -0.3 is 9.84 Å². The van der Waals surface area contributed by atoms with Crippen molar-refractivity contribution < 1.29 is 22.8 Å². The number of aromatic hydroxyl groups is 1. The van der Waals surface area contributed by atoms with E-state index in [4.69, 9.17) is 4.74 Å². The first-order valence-corrected chi connectivity index (χ1v) is 12.9. The van der Waals surface area contributed by atoms with E-state index in [1.165, 1.54) is 76.0 Å². The fourth-order valence-corrected chi connectivity index (χ4v) is 4.23. The zero-order valence-electron chi connectivity index (χ0n) is 18.6. The summed E-state index contributed by atoms with van der Waals surface area (Å²) in [5, 5.41) is 9.39. The number of hydrogen-bond donors (Lipinski definition) is 2. The Morgan fingerprint density at radius 1 is 0.774 bits per heavy atom. The molecule has 0 spiro atoms. The molecule has 2 rings (SSSR count). The van der Waals surface area contributed by atoms with Crippen molar-refractivity contribution in [3.63, 3.8) is 0 Å². The van der Waals surface area contributed by atoms with Gasteiger partial charge in [0.1, 0.15) is 22.1 Å². The van der Waals surface area contributed by atoms with Crippen molar-refractivity contribution in [2.45, 2.75) is 88.9 Å². The zero-order valence-corrected chi connectivity index (χ0v) is 19.4. The van der Waals surface area contributed by atoms with Crippen LogP contribution in [0.25, 0.3) is 0 Å². The number of hydrogen-bond acceptors (Lipinski definition) is 4. The summed E-state index contributed by atoms with van der Waals surface area (Å²) in [4.78, 5) is -0.261. The summed E-state index contributed by atoms with van der Waals surface area (Å²) in [6.45, 7) is 2.24. The molecule has 0 heterocycles. The fraction of sp³-hybridized carbons (Fsp3) is 0.520. The second kappa shape index (κ2) is 13.4. The van der Waals surface area contributed by atoms with Crippen LogP contribution < -0.4 is 4.74 Å². The maximum absolute atomic E-state index is 11.7. The topological polar surface area (TPSA) is 83.8 Å². The van der Waals surface area contributed by atoms with Crippen molar-refractivity contribution in [3.05, 3.63) is 48.0 Å². The van der Waals surface area contributed by atoms with E-state index in [9.17, 15) is 18.1 Å². The maximum Gasteiger partial charge on any atom is 0.298 e. The van der Waals surface area contributed by atoms with Gasteiger partial charge in [-0.2, -0.15) is 8.42 Å². The smallest absolute Gasteiger partial charge is 0.298 e. The van der Waals surface area contributed by atoms with Gasteiger partial charge in [-0.15, -0.1) is 0 Å². The maximum atomic E-state index is 11.7. The molecular formula is C25H36O5S. The molecule has 0 unspecified atom stereocenters. The number of phenolic OH excluding ortho intramolecular Hbond substituents is 1. The van der Waals surface area contributed by atoms with Crippen LogP contribution in [0.3, 0.4) is 0 Å². The van der Waals surface area contributed by atoms with Gasteiger partial charge in [-0.05, 0) is 54.8 Å². The molecule has 2 aromatic carbocycles. The first kappa shape index (κ1) is 25.2. The largest absolute Gasteiger partial charge is 0.508 e. The monoisotopic (exact) mass is 448 g/mol. The Bertz CT molecular complexity index is 875. The minimum absolute atomic E-state index is 0.0904. The van der Waals surface area contributed by atoms with Gasteiger partial charge in [0.2, 0.25) is 0 Å². The fourth-order valence-electron chi connectivity index (χ4n) is 3.64. The van der Waals surface area contributed by atoms with E-state index in [0.29, 0.717) is 5.75 Å². The molecule has 0 aliphatic heterocycles. The van der Waals surface area contributed by atoms with Crippen molar-refractivity contribution in [2.24, 2.45) is 0 Å². The highest BCUT2D eigenvalue weighted by molar-refractivity contribution is 7.86. The summed E-state index contributed by atoms with van der Waals surface area (Å²) in [7, 11) is -4.40. The van der Waals surface area contributed by atoms with Gasteiger partial charge in [-0.1, -0.05) is 77.2 Å². The predicted molar refractivity (Wildman–Crippen MR) is 125 cm³/mol. The summed E-state index contributed by atoms with van der Waals surface area (Å²) in [5.41, 5.74) is 0.970. The molecule has 0 atom stereocenters. The normalized spacial score (nSPS) is 11.5. The number of rotatable bonds is 15. The molecule has 0 bridgehead atoms. The predicted octanol–water partition coefficient (Wildman–Crippen LogP) is 7.28. The Morgan fingerprint density at radius 2 is 1.32 bits per heavy atom. The Balaban J connectivity index is 1.80. The molecule has 31 heavy (non-hydrogen) atoms. The third kappa shape index (κ3) is 9.74. The van der Waals surface area contributed by atoms with Gasteiger partial charge in [-0.25, -0.2) is 0 Å². The van der Waals surface area contributed by atoms with Gasteiger partial charge in [-0.3, -0.25) is 4.55 Å². The van der Waals surface area contributed by atoms with Gasteiger partial charge >= 0.3 is 0 Å². The molecule has 6 heteroatoms. The standard InChI is InChI=1S/C25H36O5S/c1-2-3-4-5-6-7-8-9-10-11-12-13-21-14-19-25(31(27,28)29)24(20-21)30-23-17-15-22(26)16-18-23/h14-20,26H,2-13H2,1H3,(H,27,28,29). The van der Waals surface area contributed by atoms with Crippen LogP contribution in [0, 0.1) is 0 Å². The van der Waals surface area contributed by atoms with Crippen LogP contribution in [0.1, 0.15) is 83.1 Å². The molecule has 2 aromatic rings. The summed E-state index contributed by atoms with van der Waals surface area (Å²) in [6, 6.07) is 10.8.